The van der Waals surface area contributed by atoms with E-state index in [1.807, 2.05) is 12.1 Å². The van der Waals surface area contributed by atoms with Crippen LogP contribution in [0.5, 0.6) is 0 Å². The van der Waals surface area contributed by atoms with E-state index in [4.69, 9.17) is 5.26 Å². The van der Waals surface area contributed by atoms with Gasteiger partial charge in [0, 0.05) is 22.0 Å². The van der Waals surface area contributed by atoms with Crippen molar-refractivity contribution in [2.75, 3.05) is 0 Å². The van der Waals surface area contributed by atoms with Crippen LogP contribution in [0, 0.1) is 17.2 Å². The first-order valence-electron chi connectivity index (χ1n) is 6.15. The van der Waals surface area contributed by atoms with Crippen LogP contribution >= 0.6 is 15.9 Å². The second kappa shape index (κ2) is 6.01. The van der Waals surface area contributed by atoms with Gasteiger partial charge in [0.1, 0.15) is 0 Å². The zero-order chi connectivity index (χ0) is 13.0. The summed E-state index contributed by atoms with van der Waals surface area (Å²) in [5.74, 6) is 0.147. The SMILES string of the molecule is N#CC1CCC(NC(=O)c2ccc(Br)cc2)CC1. The molecule has 0 bridgehead atoms. The van der Waals surface area contributed by atoms with Crippen LogP contribution in [0.1, 0.15) is 36.0 Å². The zero-order valence-electron chi connectivity index (χ0n) is 10.0. The molecule has 1 aromatic carbocycles. The van der Waals surface area contributed by atoms with Crippen molar-refractivity contribution >= 4 is 21.8 Å². The fourth-order valence-electron chi connectivity index (χ4n) is 2.24. The van der Waals surface area contributed by atoms with Gasteiger partial charge < -0.3 is 5.32 Å². The van der Waals surface area contributed by atoms with Gasteiger partial charge in [-0.1, -0.05) is 15.9 Å². The van der Waals surface area contributed by atoms with E-state index in [-0.39, 0.29) is 17.9 Å². The quantitative estimate of drug-likeness (QED) is 0.911. The molecular formula is C14H15BrN2O. The smallest absolute Gasteiger partial charge is 0.251 e. The first-order chi connectivity index (χ1) is 8.69. The fraction of sp³-hybridized carbons (Fsp3) is 0.429. The highest BCUT2D eigenvalue weighted by Crippen LogP contribution is 2.23. The van der Waals surface area contributed by atoms with Crippen molar-refractivity contribution in [1.29, 1.82) is 5.26 Å². The van der Waals surface area contributed by atoms with Crippen molar-refractivity contribution in [2.45, 2.75) is 31.7 Å². The molecule has 0 spiro atoms. The van der Waals surface area contributed by atoms with E-state index in [1.54, 1.807) is 12.1 Å². The number of benzene rings is 1. The zero-order valence-corrected chi connectivity index (χ0v) is 11.6. The van der Waals surface area contributed by atoms with Gasteiger partial charge >= 0.3 is 0 Å². The molecule has 1 fully saturated rings. The Hall–Kier alpha value is -1.34. The first-order valence-corrected chi connectivity index (χ1v) is 6.94. The number of rotatable bonds is 2. The van der Waals surface area contributed by atoms with Crippen LogP contribution in [0.15, 0.2) is 28.7 Å². The van der Waals surface area contributed by atoms with E-state index < -0.39 is 0 Å². The van der Waals surface area contributed by atoms with E-state index in [2.05, 4.69) is 27.3 Å². The van der Waals surface area contributed by atoms with Crippen LogP contribution in [-0.4, -0.2) is 11.9 Å². The lowest BCUT2D eigenvalue weighted by molar-refractivity contribution is 0.0925. The molecule has 1 aromatic rings. The highest BCUT2D eigenvalue weighted by molar-refractivity contribution is 9.10. The molecule has 1 amide bonds. The molecule has 0 unspecified atom stereocenters. The van der Waals surface area contributed by atoms with Gasteiger partial charge in [-0.15, -0.1) is 0 Å². The molecule has 3 nitrogen and oxygen atoms in total. The van der Waals surface area contributed by atoms with Gasteiger partial charge in [0.25, 0.3) is 5.91 Å². The number of nitrogens with zero attached hydrogens (tertiary/aromatic N) is 1. The molecule has 1 saturated carbocycles. The number of halogens is 1. The highest BCUT2D eigenvalue weighted by Gasteiger charge is 2.22. The Morgan fingerprint density at radius 2 is 1.83 bits per heavy atom. The van der Waals surface area contributed by atoms with Crippen LogP contribution in [0.2, 0.25) is 0 Å². The first kappa shape index (κ1) is 13.1. The van der Waals surface area contributed by atoms with Gasteiger partial charge in [-0.25, -0.2) is 0 Å². The average Bonchev–Trinajstić information content (AvgIpc) is 2.40. The minimum atomic E-state index is -0.0251. The van der Waals surface area contributed by atoms with Gasteiger partial charge in [-0.3, -0.25) is 4.79 Å². The van der Waals surface area contributed by atoms with Gasteiger partial charge in [0.2, 0.25) is 0 Å². The molecule has 1 aliphatic carbocycles. The predicted octanol–water partition coefficient (Wildman–Crippen LogP) is 3.26. The summed E-state index contributed by atoms with van der Waals surface area (Å²) in [6.07, 6.45) is 3.59. The number of nitriles is 1. The van der Waals surface area contributed by atoms with Crippen LogP contribution in [0.4, 0.5) is 0 Å². The third-order valence-electron chi connectivity index (χ3n) is 3.35. The Balaban J connectivity index is 1.89. The minimum Gasteiger partial charge on any atom is -0.349 e. The van der Waals surface area contributed by atoms with E-state index >= 15 is 0 Å². The van der Waals surface area contributed by atoms with Crippen molar-refractivity contribution in [3.8, 4) is 6.07 Å². The molecule has 0 aliphatic heterocycles. The van der Waals surface area contributed by atoms with Crippen LogP contribution in [0.25, 0.3) is 0 Å². The number of nitrogens with one attached hydrogen (secondary N) is 1. The average molecular weight is 307 g/mol. The van der Waals surface area contributed by atoms with Gasteiger partial charge in [0.05, 0.1) is 6.07 Å². The maximum atomic E-state index is 12.0. The Bertz CT molecular complexity index is 456. The third-order valence-corrected chi connectivity index (χ3v) is 3.88. The Morgan fingerprint density at radius 1 is 1.22 bits per heavy atom. The second-order valence-electron chi connectivity index (χ2n) is 4.66. The number of hydrogen-bond donors (Lipinski definition) is 1. The van der Waals surface area contributed by atoms with Crippen LogP contribution in [-0.2, 0) is 0 Å². The van der Waals surface area contributed by atoms with E-state index in [0.717, 1.165) is 30.2 Å². The van der Waals surface area contributed by atoms with Crippen molar-refractivity contribution in [3.05, 3.63) is 34.3 Å². The lowest BCUT2D eigenvalue weighted by Gasteiger charge is -2.25. The lowest BCUT2D eigenvalue weighted by atomic mass is 9.87. The number of carbonyl (C=O) groups is 1. The van der Waals surface area contributed by atoms with Crippen molar-refractivity contribution in [3.63, 3.8) is 0 Å². The van der Waals surface area contributed by atoms with Gasteiger partial charge in [-0.05, 0) is 49.9 Å². The van der Waals surface area contributed by atoms with E-state index in [1.165, 1.54) is 0 Å². The topological polar surface area (TPSA) is 52.9 Å². The summed E-state index contributed by atoms with van der Waals surface area (Å²) in [5.41, 5.74) is 0.681. The normalized spacial score (nSPS) is 23.1. The summed E-state index contributed by atoms with van der Waals surface area (Å²) in [6, 6.07) is 9.85. The summed E-state index contributed by atoms with van der Waals surface area (Å²) < 4.78 is 0.966. The second-order valence-corrected chi connectivity index (χ2v) is 5.57. The largest absolute Gasteiger partial charge is 0.349 e. The Kier molecular flexibility index (Phi) is 4.38. The monoisotopic (exact) mass is 306 g/mol. The molecule has 94 valence electrons. The molecule has 1 aliphatic rings. The van der Waals surface area contributed by atoms with Crippen molar-refractivity contribution in [2.24, 2.45) is 5.92 Å². The molecule has 0 radical (unpaired) electrons. The summed E-state index contributed by atoms with van der Waals surface area (Å²) in [7, 11) is 0. The van der Waals surface area contributed by atoms with Crippen molar-refractivity contribution < 1.29 is 4.79 Å². The van der Waals surface area contributed by atoms with Gasteiger partial charge in [-0.2, -0.15) is 5.26 Å². The molecule has 2 rings (SSSR count). The Morgan fingerprint density at radius 3 is 2.39 bits per heavy atom. The third kappa shape index (κ3) is 3.33. The lowest BCUT2D eigenvalue weighted by Crippen LogP contribution is -2.37. The molecule has 1 N–H and O–H groups in total. The minimum absolute atomic E-state index is 0.0251. The number of amides is 1. The predicted molar refractivity (Wildman–Crippen MR) is 73.0 cm³/mol. The molecule has 0 atom stereocenters. The summed E-state index contributed by atoms with van der Waals surface area (Å²) in [5, 5.41) is 11.9. The van der Waals surface area contributed by atoms with Gasteiger partial charge in [0.15, 0.2) is 0 Å². The standard InChI is InChI=1S/C14H15BrN2O/c15-12-5-3-11(4-6-12)14(18)17-13-7-1-10(9-16)2-8-13/h3-6,10,13H,1-2,7-8H2,(H,17,18). The van der Waals surface area contributed by atoms with Crippen molar-refractivity contribution in [1.82, 2.24) is 5.32 Å². The molecule has 0 saturated heterocycles. The maximum Gasteiger partial charge on any atom is 0.251 e. The molecular weight excluding hydrogens is 292 g/mol. The number of carbonyl (C=O) groups excluding carboxylic acids is 1. The highest BCUT2D eigenvalue weighted by atomic mass is 79.9. The molecule has 4 heteroatoms. The maximum absolute atomic E-state index is 12.0. The molecule has 0 heterocycles. The number of hydrogen-bond acceptors (Lipinski definition) is 2. The fourth-order valence-corrected chi connectivity index (χ4v) is 2.50. The molecule has 0 aromatic heterocycles. The van der Waals surface area contributed by atoms with E-state index in [0.29, 0.717) is 5.56 Å². The van der Waals surface area contributed by atoms with Crippen LogP contribution in [0.3, 0.4) is 0 Å². The van der Waals surface area contributed by atoms with E-state index in [9.17, 15) is 4.79 Å². The Labute approximate surface area is 115 Å². The summed E-state index contributed by atoms with van der Waals surface area (Å²) in [4.78, 5) is 12.0. The van der Waals surface area contributed by atoms with Crippen LogP contribution < -0.4 is 5.32 Å². The summed E-state index contributed by atoms with van der Waals surface area (Å²) in [6.45, 7) is 0. The molecule has 18 heavy (non-hydrogen) atoms. The summed E-state index contributed by atoms with van der Waals surface area (Å²) >= 11 is 3.35.